The average molecular weight is 257 g/mol. The zero-order valence-electron chi connectivity index (χ0n) is 14.1. The molecule has 2 aliphatic heterocycles. The lowest BCUT2D eigenvalue weighted by atomic mass is 9.78. The van der Waals surface area contributed by atoms with Crippen LogP contribution in [-0.2, 0) is 9.57 Å². The predicted octanol–water partition coefficient (Wildman–Crippen LogP) is 2.41. The van der Waals surface area contributed by atoms with Gasteiger partial charge in [0, 0.05) is 24.9 Å². The molecule has 5 heteroatoms. The summed E-state index contributed by atoms with van der Waals surface area (Å²) in [6.45, 7) is 6.03. The maximum atomic E-state index is 12.2. The van der Waals surface area contributed by atoms with Gasteiger partial charge in [0.15, 0.2) is 0 Å². The highest BCUT2D eigenvalue weighted by molar-refractivity contribution is 5.90. The lowest BCUT2D eigenvalue weighted by Gasteiger charge is -2.45. The Hall–Kier alpha value is -1.26. The van der Waals surface area contributed by atoms with E-state index in [1.54, 1.807) is 4.90 Å². The van der Waals surface area contributed by atoms with Crippen molar-refractivity contribution in [1.82, 2.24) is 4.90 Å². The molecule has 5 nitrogen and oxygen atoms in total. The van der Waals surface area contributed by atoms with Crippen LogP contribution in [-0.4, -0.2) is 41.9 Å². The van der Waals surface area contributed by atoms with Gasteiger partial charge in [0.25, 0.3) is 0 Å². The van der Waals surface area contributed by atoms with Crippen LogP contribution in [0.2, 0.25) is 0 Å². The van der Waals surface area contributed by atoms with Crippen molar-refractivity contribution in [1.29, 1.82) is 0 Å². The number of piperidine rings is 2. The van der Waals surface area contributed by atoms with Gasteiger partial charge >= 0.3 is 6.09 Å². The fourth-order valence-corrected chi connectivity index (χ4v) is 2.63. The number of rotatable bonds is 1. The standard InChI is InChI=1S/C13H22N2O3/c1-13(2,3)18-12(16)15-8-9-5-6-10(15)7-11(9)14-17-4/h9-10H,5-8H2,1-4H3/b14-11+/t9-,10-/m0/s1/i4D3. The highest BCUT2D eigenvalue weighted by atomic mass is 16.6. The van der Waals surface area contributed by atoms with E-state index in [-0.39, 0.29) is 18.1 Å². The molecule has 0 aromatic rings. The number of hydrogen-bond acceptors (Lipinski definition) is 4. The Balaban J connectivity index is 2.00. The number of oxime groups is 1. The first-order valence-electron chi connectivity index (χ1n) is 7.80. The van der Waals surface area contributed by atoms with Gasteiger partial charge in [0.05, 0.1) is 9.82 Å². The fraction of sp³-hybridized carbons (Fsp3) is 0.846. The highest BCUT2D eigenvalue weighted by Gasteiger charge is 2.42. The van der Waals surface area contributed by atoms with E-state index >= 15 is 0 Å². The van der Waals surface area contributed by atoms with Crippen molar-refractivity contribution in [2.45, 2.75) is 51.7 Å². The Morgan fingerprint density at radius 3 is 2.83 bits per heavy atom. The third-order valence-corrected chi connectivity index (χ3v) is 3.41. The van der Waals surface area contributed by atoms with Gasteiger partial charge in [0.1, 0.15) is 12.6 Å². The van der Waals surface area contributed by atoms with E-state index in [0.717, 1.165) is 18.6 Å². The monoisotopic (exact) mass is 257 g/mol. The fourth-order valence-electron chi connectivity index (χ4n) is 2.63. The SMILES string of the molecule is [2H]C([2H])([2H])O/N=C1\C[C@@H]2CC[C@H]1CN2C(=O)OC(C)(C)C. The predicted molar refractivity (Wildman–Crippen MR) is 68.5 cm³/mol. The average Bonchev–Trinajstić information content (AvgIpc) is 2.34. The molecule has 0 aromatic carbocycles. The van der Waals surface area contributed by atoms with E-state index < -0.39 is 12.6 Å². The summed E-state index contributed by atoms with van der Waals surface area (Å²) in [5.41, 5.74) is 0.219. The lowest BCUT2D eigenvalue weighted by molar-refractivity contribution is 0.00276. The van der Waals surface area contributed by atoms with Crippen molar-refractivity contribution in [3.63, 3.8) is 0 Å². The second-order valence-corrected chi connectivity index (χ2v) is 5.94. The zero-order valence-corrected chi connectivity index (χ0v) is 11.1. The molecule has 0 unspecified atom stereocenters. The molecule has 18 heavy (non-hydrogen) atoms. The molecule has 2 bridgehead atoms. The van der Waals surface area contributed by atoms with Gasteiger partial charge < -0.3 is 14.5 Å². The number of nitrogens with zero attached hydrogens (tertiary/aromatic N) is 2. The van der Waals surface area contributed by atoms with E-state index in [1.165, 1.54) is 0 Å². The van der Waals surface area contributed by atoms with Crippen LogP contribution in [0.5, 0.6) is 0 Å². The van der Waals surface area contributed by atoms with Gasteiger partial charge in [-0.1, -0.05) is 5.16 Å². The number of hydrogen-bond donors (Lipinski definition) is 0. The normalized spacial score (nSPS) is 32.7. The van der Waals surface area contributed by atoms with E-state index in [4.69, 9.17) is 8.85 Å². The number of amides is 1. The summed E-state index contributed by atoms with van der Waals surface area (Å²) in [5.74, 6) is 0.0601. The second kappa shape index (κ2) is 4.78. The van der Waals surface area contributed by atoms with Gasteiger partial charge in [-0.15, -0.1) is 0 Å². The Bertz CT molecular complexity index is 443. The maximum Gasteiger partial charge on any atom is 0.410 e. The quantitative estimate of drug-likeness (QED) is 0.678. The molecule has 3 rings (SSSR count). The number of carbonyl (C=O) groups excluding carboxylic acids is 1. The minimum atomic E-state index is -2.52. The van der Waals surface area contributed by atoms with Crippen LogP contribution in [0, 0.1) is 5.92 Å². The first-order valence-corrected chi connectivity index (χ1v) is 6.30. The topological polar surface area (TPSA) is 51.1 Å². The zero-order chi connectivity index (χ0) is 15.8. The molecular formula is C13H22N2O3. The maximum absolute atomic E-state index is 12.2. The molecule has 1 aliphatic carbocycles. The number of ether oxygens (including phenoxy) is 1. The summed E-state index contributed by atoms with van der Waals surface area (Å²) >= 11 is 0. The summed E-state index contributed by atoms with van der Waals surface area (Å²) in [5, 5.41) is 3.78. The van der Waals surface area contributed by atoms with Crippen LogP contribution in [0.3, 0.4) is 0 Å². The van der Waals surface area contributed by atoms with Crippen molar-refractivity contribution in [2.75, 3.05) is 13.6 Å². The molecule has 1 saturated carbocycles. The highest BCUT2D eigenvalue weighted by Crippen LogP contribution is 2.34. The van der Waals surface area contributed by atoms with Gasteiger partial charge in [-0.2, -0.15) is 0 Å². The van der Waals surface area contributed by atoms with Crippen LogP contribution < -0.4 is 0 Å². The van der Waals surface area contributed by atoms with Crippen LogP contribution in [0.25, 0.3) is 0 Å². The summed E-state index contributed by atoms with van der Waals surface area (Å²) < 4.78 is 26.4. The molecule has 0 N–H and O–H groups in total. The van der Waals surface area contributed by atoms with Crippen LogP contribution in [0.1, 0.15) is 44.1 Å². The van der Waals surface area contributed by atoms with Crippen LogP contribution in [0.4, 0.5) is 4.79 Å². The molecule has 2 saturated heterocycles. The summed E-state index contributed by atoms with van der Waals surface area (Å²) in [4.78, 5) is 18.5. The Morgan fingerprint density at radius 1 is 1.50 bits per heavy atom. The molecule has 2 heterocycles. The lowest BCUT2D eigenvalue weighted by Crippen LogP contribution is -2.55. The van der Waals surface area contributed by atoms with E-state index in [0.29, 0.717) is 13.0 Å². The summed E-state index contributed by atoms with van der Waals surface area (Å²) in [7, 11) is -2.52. The molecule has 3 aliphatic rings. The molecule has 102 valence electrons. The van der Waals surface area contributed by atoms with Crippen molar-refractivity contribution in [3.05, 3.63) is 0 Å². The molecule has 0 aromatic heterocycles. The van der Waals surface area contributed by atoms with Gasteiger partial charge in [0.2, 0.25) is 0 Å². The van der Waals surface area contributed by atoms with E-state index in [9.17, 15) is 4.79 Å². The first-order chi connectivity index (χ1) is 9.55. The van der Waals surface area contributed by atoms with Crippen molar-refractivity contribution in [3.8, 4) is 0 Å². The van der Waals surface area contributed by atoms with Crippen molar-refractivity contribution in [2.24, 2.45) is 11.1 Å². The van der Waals surface area contributed by atoms with Crippen LogP contribution in [0.15, 0.2) is 5.16 Å². The van der Waals surface area contributed by atoms with Crippen molar-refractivity contribution < 1.29 is 18.5 Å². The second-order valence-electron chi connectivity index (χ2n) is 5.94. The minimum Gasteiger partial charge on any atom is -0.444 e. The molecule has 0 radical (unpaired) electrons. The number of carbonyl (C=O) groups is 1. The van der Waals surface area contributed by atoms with Crippen LogP contribution >= 0.6 is 0 Å². The molecular weight excluding hydrogens is 232 g/mol. The third kappa shape index (κ3) is 2.76. The smallest absolute Gasteiger partial charge is 0.410 e. The van der Waals surface area contributed by atoms with E-state index in [1.807, 2.05) is 20.8 Å². The summed E-state index contributed by atoms with van der Waals surface area (Å²) in [6, 6.07) is 0.0174. The number of fused-ring (bicyclic) bond motifs is 3. The molecule has 3 fully saturated rings. The third-order valence-electron chi connectivity index (χ3n) is 3.41. The Kier molecular flexibility index (Phi) is 2.56. The van der Waals surface area contributed by atoms with Gasteiger partial charge in [-0.3, -0.25) is 0 Å². The molecule has 0 spiro atoms. The summed E-state index contributed by atoms with van der Waals surface area (Å²) in [6.07, 6.45) is 2.03. The molecule has 2 atom stereocenters. The van der Waals surface area contributed by atoms with E-state index in [2.05, 4.69) is 9.99 Å². The first kappa shape index (κ1) is 9.64. The largest absolute Gasteiger partial charge is 0.444 e. The van der Waals surface area contributed by atoms with Crippen molar-refractivity contribution >= 4 is 11.8 Å². The molecule has 1 amide bonds. The van der Waals surface area contributed by atoms with Gasteiger partial charge in [-0.05, 0) is 33.6 Å². The van der Waals surface area contributed by atoms with Gasteiger partial charge in [-0.25, -0.2) is 4.79 Å². The Labute approximate surface area is 112 Å². The Morgan fingerprint density at radius 2 is 2.28 bits per heavy atom. The minimum absolute atomic E-state index is 0.0174.